The van der Waals surface area contributed by atoms with Crippen LogP contribution in [0.4, 0.5) is 10.1 Å². The third-order valence-electron chi connectivity index (χ3n) is 3.87. The van der Waals surface area contributed by atoms with Crippen LogP contribution in [0.3, 0.4) is 0 Å². The van der Waals surface area contributed by atoms with Crippen molar-refractivity contribution in [2.45, 2.75) is 19.3 Å². The first-order valence-corrected chi connectivity index (χ1v) is 7.94. The van der Waals surface area contributed by atoms with Crippen molar-refractivity contribution in [1.29, 1.82) is 0 Å². The number of carbonyl (C=O) groups excluding carboxylic acids is 2. The lowest BCUT2D eigenvalue weighted by Crippen LogP contribution is -2.21. The molecule has 0 aromatic heterocycles. The Morgan fingerprint density at radius 3 is 2.71 bits per heavy atom. The van der Waals surface area contributed by atoms with Crippen molar-refractivity contribution >= 4 is 29.2 Å². The zero-order valence-electron chi connectivity index (χ0n) is 12.8. The number of anilines is 1. The van der Waals surface area contributed by atoms with Gasteiger partial charge < -0.3 is 10.1 Å². The van der Waals surface area contributed by atoms with Gasteiger partial charge in [-0.2, -0.15) is 0 Å². The van der Waals surface area contributed by atoms with E-state index < -0.39 is 24.3 Å². The lowest BCUT2D eigenvalue weighted by Gasteiger charge is -2.09. The van der Waals surface area contributed by atoms with Crippen LogP contribution in [-0.4, -0.2) is 18.5 Å². The first kappa shape index (κ1) is 16.5. The number of hydrogen-bond donors (Lipinski definition) is 1. The second-order valence-electron chi connectivity index (χ2n) is 5.59. The molecule has 0 saturated heterocycles. The standard InChI is InChI=1S/C18H15ClFNO3/c19-13-5-7-15(16(20)9-13)18(23)24-10-17(22)21-14-6-4-11-2-1-3-12(11)8-14/h4-9H,1-3,10H2,(H,21,22). The van der Waals surface area contributed by atoms with Crippen molar-refractivity contribution in [3.05, 3.63) is 63.9 Å². The molecule has 4 nitrogen and oxygen atoms in total. The first-order chi connectivity index (χ1) is 11.5. The third kappa shape index (κ3) is 3.74. The number of hydrogen-bond acceptors (Lipinski definition) is 3. The molecular weight excluding hydrogens is 333 g/mol. The third-order valence-corrected chi connectivity index (χ3v) is 4.10. The van der Waals surface area contributed by atoms with Crippen molar-refractivity contribution in [2.75, 3.05) is 11.9 Å². The van der Waals surface area contributed by atoms with Crippen LogP contribution in [0.1, 0.15) is 27.9 Å². The van der Waals surface area contributed by atoms with Gasteiger partial charge in [0, 0.05) is 10.7 Å². The molecule has 6 heteroatoms. The lowest BCUT2D eigenvalue weighted by molar-refractivity contribution is -0.119. The molecule has 0 atom stereocenters. The van der Waals surface area contributed by atoms with Gasteiger partial charge in [0.05, 0.1) is 5.56 Å². The number of halogens is 2. The SMILES string of the molecule is O=C(COC(=O)c1ccc(Cl)cc1F)Nc1ccc2c(c1)CCC2. The molecule has 0 spiro atoms. The van der Waals surface area contributed by atoms with E-state index in [1.807, 2.05) is 18.2 Å². The summed E-state index contributed by atoms with van der Waals surface area (Å²) >= 11 is 5.62. The normalized spacial score (nSPS) is 12.6. The Balaban J connectivity index is 1.56. The molecule has 1 amide bonds. The fourth-order valence-corrected chi connectivity index (χ4v) is 2.87. The number of esters is 1. The van der Waals surface area contributed by atoms with Crippen LogP contribution in [0, 0.1) is 5.82 Å². The Kier molecular flexibility index (Phi) is 4.81. The summed E-state index contributed by atoms with van der Waals surface area (Å²) in [5.74, 6) is -2.17. The van der Waals surface area contributed by atoms with E-state index in [9.17, 15) is 14.0 Å². The lowest BCUT2D eigenvalue weighted by atomic mass is 10.1. The highest BCUT2D eigenvalue weighted by Crippen LogP contribution is 2.24. The van der Waals surface area contributed by atoms with Crippen molar-refractivity contribution < 1.29 is 18.7 Å². The molecule has 0 fully saturated rings. The number of aryl methyl sites for hydroxylation is 2. The molecule has 0 heterocycles. The van der Waals surface area contributed by atoms with Gasteiger partial charge in [-0.1, -0.05) is 17.7 Å². The first-order valence-electron chi connectivity index (χ1n) is 7.57. The summed E-state index contributed by atoms with van der Waals surface area (Å²) in [6.07, 6.45) is 3.19. The topological polar surface area (TPSA) is 55.4 Å². The molecule has 124 valence electrons. The van der Waals surface area contributed by atoms with E-state index in [2.05, 4.69) is 5.32 Å². The molecule has 0 saturated carbocycles. The number of fused-ring (bicyclic) bond motifs is 1. The summed E-state index contributed by atoms with van der Waals surface area (Å²) in [6, 6.07) is 9.36. The Labute approximate surface area is 143 Å². The molecule has 1 aliphatic rings. The number of ether oxygens (including phenoxy) is 1. The summed E-state index contributed by atoms with van der Waals surface area (Å²) in [5.41, 5.74) is 2.93. The maximum absolute atomic E-state index is 13.6. The fourth-order valence-electron chi connectivity index (χ4n) is 2.71. The maximum Gasteiger partial charge on any atom is 0.341 e. The zero-order valence-corrected chi connectivity index (χ0v) is 13.5. The summed E-state index contributed by atoms with van der Waals surface area (Å²) < 4.78 is 18.5. The van der Waals surface area contributed by atoms with Crippen molar-refractivity contribution in [3.63, 3.8) is 0 Å². The van der Waals surface area contributed by atoms with Crippen LogP contribution in [0.5, 0.6) is 0 Å². The van der Waals surface area contributed by atoms with E-state index >= 15 is 0 Å². The molecule has 0 aliphatic heterocycles. The van der Waals surface area contributed by atoms with Crippen LogP contribution in [0.25, 0.3) is 0 Å². The highest BCUT2D eigenvalue weighted by Gasteiger charge is 2.16. The van der Waals surface area contributed by atoms with E-state index in [1.54, 1.807) is 0 Å². The predicted octanol–water partition coefficient (Wildman–Crippen LogP) is 3.76. The van der Waals surface area contributed by atoms with Gasteiger partial charge >= 0.3 is 5.97 Å². The van der Waals surface area contributed by atoms with Gasteiger partial charge in [0.1, 0.15) is 5.82 Å². The Hall–Kier alpha value is -2.40. The van der Waals surface area contributed by atoms with Gasteiger partial charge in [-0.3, -0.25) is 4.79 Å². The fraction of sp³-hybridized carbons (Fsp3) is 0.222. The van der Waals surface area contributed by atoms with Crippen LogP contribution >= 0.6 is 11.6 Å². The average Bonchev–Trinajstić information content (AvgIpc) is 3.00. The van der Waals surface area contributed by atoms with Gasteiger partial charge in [0.15, 0.2) is 6.61 Å². The number of amides is 1. The van der Waals surface area contributed by atoms with Crippen molar-refractivity contribution in [2.24, 2.45) is 0 Å². The monoisotopic (exact) mass is 347 g/mol. The van der Waals surface area contributed by atoms with Gasteiger partial charge in [0.25, 0.3) is 5.91 Å². The molecule has 3 rings (SSSR count). The molecular formula is C18H15ClFNO3. The van der Waals surface area contributed by atoms with E-state index in [1.165, 1.54) is 23.3 Å². The molecule has 2 aromatic carbocycles. The molecule has 24 heavy (non-hydrogen) atoms. The van der Waals surface area contributed by atoms with Gasteiger partial charge in [-0.25, -0.2) is 9.18 Å². The van der Waals surface area contributed by atoms with Crippen molar-refractivity contribution in [1.82, 2.24) is 0 Å². The van der Waals surface area contributed by atoms with Gasteiger partial charge in [-0.05, 0) is 60.7 Å². The number of rotatable bonds is 4. The number of nitrogens with one attached hydrogen (secondary N) is 1. The maximum atomic E-state index is 13.6. The minimum Gasteiger partial charge on any atom is -0.452 e. The zero-order chi connectivity index (χ0) is 17.1. The highest BCUT2D eigenvalue weighted by molar-refractivity contribution is 6.30. The van der Waals surface area contributed by atoms with Crippen LogP contribution < -0.4 is 5.32 Å². The summed E-state index contributed by atoms with van der Waals surface area (Å²) in [4.78, 5) is 23.7. The Morgan fingerprint density at radius 2 is 1.92 bits per heavy atom. The molecule has 2 aromatic rings. The average molecular weight is 348 g/mol. The van der Waals surface area contributed by atoms with E-state index in [0.29, 0.717) is 5.69 Å². The summed E-state index contributed by atoms with van der Waals surface area (Å²) in [5, 5.41) is 2.85. The molecule has 1 N–H and O–H groups in total. The highest BCUT2D eigenvalue weighted by atomic mass is 35.5. The van der Waals surface area contributed by atoms with E-state index in [0.717, 1.165) is 25.3 Å². The van der Waals surface area contributed by atoms with Crippen molar-refractivity contribution in [3.8, 4) is 0 Å². The minimum atomic E-state index is -0.909. The summed E-state index contributed by atoms with van der Waals surface area (Å²) in [6.45, 7) is -0.488. The predicted molar refractivity (Wildman–Crippen MR) is 88.8 cm³/mol. The van der Waals surface area contributed by atoms with Gasteiger partial charge in [0.2, 0.25) is 0 Å². The molecule has 0 bridgehead atoms. The number of carbonyl (C=O) groups is 2. The Morgan fingerprint density at radius 1 is 1.12 bits per heavy atom. The Bertz CT molecular complexity index is 807. The largest absolute Gasteiger partial charge is 0.452 e. The van der Waals surface area contributed by atoms with Crippen LogP contribution in [-0.2, 0) is 22.4 Å². The van der Waals surface area contributed by atoms with Crippen LogP contribution in [0.15, 0.2) is 36.4 Å². The second kappa shape index (κ2) is 7.01. The molecule has 0 radical (unpaired) electrons. The molecule has 0 unspecified atom stereocenters. The smallest absolute Gasteiger partial charge is 0.341 e. The quantitative estimate of drug-likeness (QED) is 0.857. The minimum absolute atomic E-state index is 0.179. The molecule has 1 aliphatic carbocycles. The summed E-state index contributed by atoms with van der Waals surface area (Å²) in [7, 11) is 0. The van der Waals surface area contributed by atoms with Gasteiger partial charge in [-0.15, -0.1) is 0 Å². The second-order valence-corrected chi connectivity index (χ2v) is 6.02. The van der Waals surface area contributed by atoms with Crippen LogP contribution in [0.2, 0.25) is 5.02 Å². The number of benzene rings is 2. The van der Waals surface area contributed by atoms with E-state index in [4.69, 9.17) is 16.3 Å². The van der Waals surface area contributed by atoms with E-state index in [-0.39, 0.29) is 10.6 Å².